The summed E-state index contributed by atoms with van der Waals surface area (Å²) >= 11 is 0. The Morgan fingerprint density at radius 3 is 2.70 bits per heavy atom. The van der Waals surface area contributed by atoms with Crippen LogP contribution in [0.25, 0.3) is 0 Å². The van der Waals surface area contributed by atoms with Crippen LogP contribution in [0.2, 0.25) is 0 Å². The van der Waals surface area contributed by atoms with Crippen molar-refractivity contribution in [1.29, 1.82) is 0 Å². The van der Waals surface area contributed by atoms with Gasteiger partial charge in [0.2, 0.25) is 0 Å². The van der Waals surface area contributed by atoms with Gasteiger partial charge in [-0.15, -0.1) is 0 Å². The standard InChI is InChI=1S/C7H12O3/c1-5-2-6(3-5)10-7(9)4-8/h5-6,8H,2-4H2,1H3. The lowest BCUT2D eigenvalue weighted by Gasteiger charge is -2.31. The topological polar surface area (TPSA) is 46.5 Å². The maximum Gasteiger partial charge on any atom is 0.332 e. The second-order valence-corrected chi connectivity index (χ2v) is 2.85. The summed E-state index contributed by atoms with van der Waals surface area (Å²) < 4.78 is 4.82. The Kier molecular flexibility index (Phi) is 2.27. The van der Waals surface area contributed by atoms with Crippen molar-refractivity contribution in [3.8, 4) is 0 Å². The third kappa shape index (κ3) is 1.70. The van der Waals surface area contributed by atoms with E-state index in [1.54, 1.807) is 0 Å². The molecular weight excluding hydrogens is 132 g/mol. The molecular formula is C7H12O3. The third-order valence-corrected chi connectivity index (χ3v) is 1.76. The highest BCUT2D eigenvalue weighted by Crippen LogP contribution is 2.28. The van der Waals surface area contributed by atoms with Gasteiger partial charge < -0.3 is 9.84 Å². The molecule has 0 aromatic rings. The molecule has 1 aliphatic rings. The minimum atomic E-state index is -0.503. The second-order valence-electron chi connectivity index (χ2n) is 2.85. The molecule has 1 rings (SSSR count). The summed E-state index contributed by atoms with van der Waals surface area (Å²) in [5, 5.41) is 8.29. The van der Waals surface area contributed by atoms with Crippen molar-refractivity contribution < 1.29 is 14.6 Å². The van der Waals surface area contributed by atoms with E-state index >= 15 is 0 Å². The van der Waals surface area contributed by atoms with Crippen LogP contribution in [0.5, 0.6) is 0 Å². The zero-order valence-electron chi connectivity index (χ0n) is 6.04. The van der Waals surface area contributed by atoms with Gasteiger partial charge in [-0.05, 0) is 18.8 Å². The van der Waals surface area contributed by atoms with Crippen molar-refractivity contribution in [2.45, 2.75) is 25.9 Å². The van der Waals surface area contributed by atoms with Gasteiger partial charge in [0.15, 0.2) is 0 Å². The number of aliphatic hydroxyl groups is 1. The van der Waals surface area contributed by atoms with Gasteiger partial charge in [-0.1, -0.05) is 6.92 Å². The first-order valence-corrected chi connectivity index (χ1v) is 3.52. The highest BCUT2D eigenvalue weighted by molar-refractivity contribution is 5.70. The van der Waals surface area contributed by atoms with Gasteiger partial charge in [-0.3, -0.25) is 0 Å². The van der Waals surface area contributed by atoms with Crippen molar-refractivity contribution >= 4 is 5.97 Å². The Bertz CT molecular complexity index is 127. The molecule has 0 unspecified atom stereocenters. The van der Waals surface area contributed by atoms with E-state index in [1.807, 2.05) is 0 Å². The Morgan fingerprint density at radius 1 is 1.70 bits per heavy atom. The molecule has 0 aromatic carbocycles. The number of aliphatic hydroxyl groups excluding tert-OH is 1. The summed E-state index contributed by atoms with van der Waals surface area (Å²) in [6, 6.07) is 0. The van der Waals surface area contributed by atoms with E-state index in [1.165, 1.54) is 0 Å². The minimum absolute atomic E-state index is 0.0784. The number of hydrogen-bond donors (Lipinski definition) is 1. The maximum atomic E-state index is 10.4. The predicted molar refractivity (Wildman–Crippen MR) is 35.4 cm³/mol. The van der Waals surface area contributed by atoms with Crippen LogP contribution in [0.15, 0.2) is 0 Å². The van der Waals surface area contributed by atoms with Crippen LogP contribution in [0.3, 0.4) is 0 Å². The average Bonchev–Trinajstić information content (AvgIpc) is 1.84. The highest BCUT2D eigenvalue weighted by atomic mass is 16.6. The van der Waals surface area contributed by atoms with E-state index in [9.17, 15) is 4.79 Å². The average molecular weight is 144 g/mol. The predicted octanol–water partition coefficient (Wildman–Crippen LogP) is 0.320. The molecule has 0 heterocycles. The number of esters is 1. The molecule has 0 amide bonds. The molecule has 3 nitrogen and oxygen atoms in total. The molecule has 1 aliphatic carbocycles. The second kappa shape index (κ2) is 3.01. The summed E-state index contributed by atoms with van der Waals surface area (Å²) in [7, 11) is 0. The summed E-state index contributed by atoms with van der Waals surface area (Å²) in [6.45, 7) is 1.62. The largest absolute Gasteiger partial charge is 0.461 e. The number of hydrogen-bond acceptors (Lipinski definition) is 3. The molecule has 0 aliphatic heterocycles. The molecule has 0 spiro atoms. The van der Waals surface area contributed by atoms with Crippen molar-refractivity contribution in [2.24, 2.45) is 5.92 Å². The smallest absolute Gasteiger partial charge is 0.332 e. The molecule has 0 radical (unpaired) electrons. The van der Waals surface area contributed by atoms with Gasteiger partial charge in [-0.25, -0.2) is 4.79 Å². The van der Waals surface area contributed by atoms with E-state index in [2.05, 4.69) is 6.92 Å². The summed E-state index contributed by atoms with van der Waals surface area (Å²) in [5.74, 6) is 0.174. The lowest BCUT2D eigenvalue weighted by Crippen LogP contribution is -2.32. The quantitative estimate of drug-likeness (QED) is 0.568. The fraction of sp³-hybridized carbons (Fsp3) is 0.857. The molecule has 0 atom stereocenters. The van der Waals surface area contributed by atoms with Crippen LogP contribution in [0.1, 0.15) is 19.8 Å². The molecule has 3 heteroatoms. The summed E-state index contributed by atoms with van der Waals surface area (Å²) in [5.41, 5.74) is 0. The van der Waals surface area contributed by atoms with Gasteiger partial charge in [-0.2, -0.15) is 0 Å². The van der Waals surface area contributed by atoms with E-state index in [0.717, 1.165) is 12.8 Å². The van der Waals surface area contributed by atoms with E-state index in [4.69, 9.17) is 9.84 Å². The fourth-order valence-corrected chi connectivity index (χ4v) is 1.15. The number of ether oxygens (including phenoxy) is 1. The fourth-order valence-electron chi connectivity index (χ4n) is 1.15. The van der Waals surface area contributed by atoms with Gasteiger partial charge in [0.25, 0.3) is 0 Å². The first-order valence-electron chi connectivity index (χ1n) is 3.52. The lowest BCUT2D eigenvalue weighted by molar-refractivity contribution is -0.158. The maximum absolute atomic E-state index is 10.4. The molecule has 1 fully saturated rings. The van der Waals surface area contributed by atoms with Gasteiger partial charge in [0, 0.05) is 0 Å². The summed E-state index contributed by atoms with van der Waals surface area (Å²) in [4.78, 5) is 10.4. The Morgan fingerprint density at radius 2 is 2.30 bits per heavy atom. The van der Waals surface area contributed by atoms with Crippen molar-refractivity contribution in [3.05, 3.63) is 0 Å². The van der Waals surface area contributed by atoms with Crippen LogP contribution in [-0.4, -0.2) is 23.8 Å². The van der Waals surface area contributed by atoms with E-state index in [-0.39, 0.29) is 6.10 Å². The zero-order valence-corrected chi connectivity index (χ0v) is 6.04. The van der Waals surface area contributed by atoms with Crippen molar-refractivity contribution in [2.75, 3.05) is 6.61 Å². The first-order chi connectivity index (χ1) is 4.72. The van der Waals surface area contributed by atoms with E-state index in [0.29, 0.717) is 5.92 Å². The van der Waals surface area contributed by atoms with E-state index < -0.39 is 12.6 Å². The number of carbonyl (C=O) groups is 1. The van der Waals surface area contributed by atoms with Crippen LogP contribution < -0.4 is 0 Å². The lowest BCUT2D eigenvalue weighted by atomic mass is 9.84. The third-order valence-electron chi connectivity index (χ3n) is 1.76. The van der Waals surface area contributed by atoms with Gasteiger partial charge in [0.05, 0.1) is 0 Å². The molecule has 0 bridgehead atoms. The van der Waals surface area contributed by atoms with Gasteiger partial charge in [0.1, 0.15) is 12.7 Å². The highest BCUT2D eigenvalue weighted by Gasteiger charge is 2.28. The van der Waals surface area contributed by atoms with Crippen molar-refractivity contribution in [1.82, 2.24) is 0 Å². The normalized spacial score (nSPS) is 31.0. The minimum Gasteiger partial charge on any atom is -0.461 e. The number of rotatable bonds is 2. The van der Waals surface area contributed by atoms with Crippen LogP contribution in [0.4, 0.5) is 0 Å². The van der Waals surface area contributed by atoms with Crippen LogP contribution in [0, 0.1) is 5.92 Å². The van der Waals surface area contributed by atoms with Gasteiger partial charge >= 0.3 is 5.97 Å². The molecule has 0 saturated heterocycles. The molecule has 1 saturated carbocycles. The number of carbonyl (C=O) groups excluding carboxylic acids is 1. The zero-order chi connectivity index (χ0) is 7.56. The molecule has 58 valence electrons. The SMILES string of the molecule is CC1CC(OC(=O)CO)C1. The molecule has 1 N–H and O–H groups in total. The summed E-state index contributed by atoms with van der Waals surface area (Å²) in [6.07, 6.45) is 1.98. The van der Waals surface area contributed by atoms with Crippen LogP contribution in [-0.2, 0) is 9.53 Å². The monoisotopic (exact) mass is 144 g/mol. The molecule has 0 aromatic heterocycles. The first kappa shape index (κ1) is 7.54. The Labute approximate surface area is 60.0 Å². The Balaban J connectivity index is 2.10. The van der Waals surface area contributed by atoms with Crippen molar-refractivity contribution in [3.63, 3.8) is 0 Å². The Hall–Kier alpha value is -0.570. The van der Waals surface area contributed by atoms with Crippen LogP contribution >= 0.6 is 0 Å². The molecule has 10 heavy (non-hydrogen) atoms.